The van der Waals surface area contributed by atoms with Gasteiger partial charge in [-0.05, 0) is 17.7 Å². The minimum absolute atomic E-state index is 0.00657. The van der Waals surface area contributed by atoms with Gasteiger partial charge in [-0.25, -0.2) is 0 Å². The zero-order valence-electron chi connectivity index (χ0n) is 9.23. The molecule has 0 fully saturated rings. The smallest absolute Gasteiger partial charge is 0.0703 e. The lowest BCUT2D eigenvalue weighted by Crippen LogP contribution is -2.03. The van der Waals surface area contributed by atoms with E-state index in [-0.39, 0.29) is 6.61 Å². The Balaban J connectivity index is 2.10. The number of aliphatic hydroxyl groups excluding tert-OH is 1. The fourth-order valence-corrected chi connectivity index (χ4v) is 1.76. The summed E-state index contributed by atoms with van der Waals surface area (Å²) in [4.78, 5) is 4.02. The zero-order valence-corrected chi connectivity index (χ0v) is 9.98. The van der Waals surface area contributed by atoms with Gasteiger partial charge in [0.1, 0.15) is 0 Å². The molecule has 0 radical (unpaired) electrons. The molecule has 0 aliphatic carbocycles. The van der Waals surface area contributed by atoms with Crippen LogP contribution in [0, 0.1) is 0 Å². The zero-order chi connectivity index (χ0) is 12.1. The highest BCUT2D eigenvalue weighted by atomic mass is 35.5. The maximum atomic E-state index is 9.18. The molecule has 0 aliphatic rings. The van der Waals surface area contributed by atoms with Crippen LogP contribution in [0.1, 0.15) is 11.1 Å². The number of rotatable bonds is 4. The molecule has 0 spiro atoms. The third-order valence-corrected chi connectivity index (χ3v) is 2.88. The molecule has 2 N–H and O–H groups in total. The van der Waals surface area contributed by atoms with Crippen molar-refractivity contribution < 1.29 is 5.11 Å². The van der Waals surface area contributed by atoms with Gasteiger partial charge < -0.3 is 10.4 Å². The van der Waals surface area contributed by atoms with Crippen LogP contribution >= 0.6 is 11.6 Å². The molecule has 0 amide bonds. The number of pyridine rings is 1. The number of anilines is 1. The number of nitrogens with zero attached hydrogens (tertiary/aromatic N) is 1. The maximum Gasteiger partial charge on any atom is 0.0703 e. The lowest BCUT2D eigenvalue weighted by molar-refractivity contribution is 0.282. The number of hydrogen-bond donors (Lipinski definition) is 2. The molecule has 0 bridgehead atoms. The van der Waals surface area contributed by atoms with E-state index in [1.807, 2.05) is 24.3 Å². The van der Waals surface area contributed by atoms with Crippen LogP contribution in [0.3, 0.4) is 0 Å². The summed E-state index contributed by atoms with van der Waals surface area (Å²) in [5, 5.41) is 13.1. The van der Waals surface area contributed by atoms with E-state index in [0.29, 0.717) is 6.54 Å². The lowest BCUT2D eigenvalue weighted by Gasteiger charge is -2.10. The van der Waals surface area contributed by atoms with Crippen LogP contribution in [0.4, 0.5) is 5.69 Å². The normalized spacial score (nSPS) is 10.2. The molecule has 88 valence electrons. The van der Waals surface area contributed by atoms with Crippen molar-refractivity contribution in [3.63, 3.8) is 0 Å². The summed E-state index contributed by atoms with van der Waals surface area (Å²) in [6.07, 6.45) is 3.36. The third-order valence-electron chi connectivity index (χ3n) is 2.51. The van der Waals surface area contributed by atoms with Gasteiger partial charge in [0.15, 0.2) is 0 Å². The van der Waals surface area contributed by atoms with Crippen molar-refractivity contribution in [1.82, 2.24) is 4.98 Å². The lowest BCUT2D eigenvalue weighted by atomic mass is 10.2. The quantitative estimate of drug-likeness (QED) is 0.875. The van der Waals surface area contributed by atoms with Gasteiger partial charge in [-0.3, -0.25) is 4.98 Å². The highest BCUT2D eigenvalue weighted by Crippen LogP contribution is 2.18. The number of benzene rings is 1. The van der Waals surface area contributed by atoms with E-state index in [1.54, 1.807) is 18.5 Å². The predicted molar refractivity (Wildman–Crippen MR) is 68.9 cm³/mol. The van der Waals surface area contributed by atoms with Gasteiger partial charge in [0.2, 0.25) is 0 Å². The topological polar surface area (TPSA) is 45.2 Å². The highest BCUT2D eigenvalue weighted by molar-refractivity contribution is 6.31. The van der Waals surface area contributed by atoms with E-state index in [1.165, 1.54) is 0 Å². The van der Waals surface area contributed by atoms with Crippen molar-refractivity contribution >= 4 is 17.3 Å². The predicted octanol–water partition coefficient (Wildman–Crippen LogP) is 2.84. The number of hydrogen-bond acceptors (Lipinski definition) is 3. The molecule has 0 saturated carbocycles. The largest absolute Gasteiger partial charge is 0.392 e. The van der Waals surface area contributed by atoms with Crippen molar-refractivity contribution in [1.29, 1.82) is 0 Å². The molecule has 1 aromatic heterocycles. The van der Waals surface area contributed by atoms with Crippen LogP contribution in [0.15, 0.2) is 42.7 Å². The molecule has 17 heavy (non-hydrogen) atoms. The van der Waals surface area contributed by atoms with Gasteiger partial charge in [0, 0.05) is 23.3 Å². The monoisotopic (exact) mass is 248 g/mol. The molecule has 0 aliphatic heterocycles. The summed E-state index contributed by atoms with van der Waals surface area (Å²) >= 11 is 6.06. The molecule has 4 heteroatoms. The van der Waals surface area contributed by atoms with Crippen molar-refractivity contribution in [2.24, 2.45) is 0 Å². The van der Waals surface area contributed by atoms with Crippen LogP contribution < -0.4 is 5.32 Å². The van der Waals surface area contributed by atoms with Crippen LogP contribution in [-0.2, 0) is 13.2 Å². The third kappa shape index (κ3) is 2.96. The first-order chi connectivity index (χ1) is 8.31. The fourth-order valence-electron chi connectivity index (χ4n) is 1.55. The second-order valence-electron chi connectivity index (χ2n) is 3.64. The Labute approximate surface area is 105 Å². The van der Waals surface area contributed by atoms with E-state index in [9.17, 15) is 5.11 Å². The molecule has 0 atom stereocenters. The molecular weight excluding hydrogens is 236 g/mol. The first kappa shape index (κ1) is 11.9. The van der Waals surface area contributed by atoms with Gasteiger partial charge in [-0.1, -0.05) is 29.8 Å². The first-order valence-electron chi connectivity index (χ1n) is 5.32. The van der Waals surface area contributed by atoms with Crippen molar-refractivity contribution in [2.45, 2.75) is 13.2 Å². The number of aromatic nitrogens is 1. The second kappa shape index (κ2) is 5.66. The molecule has 1 heterocycles. The Kier molecular flexibility index (Phi) is 3.96. The molecule has 0 saturated heterocycles. The van der Waals surface area contributed by atoms with Crippen LogP contribution in [0.2, 0.25) is 5.02 Å². The van der Waals surface area contributed by atoms with Crippen molar-refractivity contribution in [3.05, 3.63) is 58.9 Å². The SMILES string of the molecule is OCc1ccncc1NCc1ccccc1Cl. The van der Waals surface area contributed by atoms with Crippen molar-refractivity contribution in [2.75, 3.05) is 5.32 Å². The average molecular weight is 249 g/mol. The Morgan fingerprint density at radius 1 is 1.18 bits per heavy atom. The number of nitrogens with one attached hydrogen (secondary N) is 1. The summed E-state index contributed by atoms with van der Waals surface area (Å²) < 4.78 is 0. The van der Waals surface area contributed by atoms with Gasteiger partial charge in [-0.15, -0.1) is 0 Å². The Morgan fingerprint density at radius 3 is 2.76 bits per heavy atom. The minimum Gasteiger partial charge on any atom is -0.392 e. The van der Waals surface area contributed by atoms with E-state index in [2.05, 4.69) is 10.3 Å². The Hall–Kier alpha value is -1.58. The number of aliphatic hydroxyl groups is 1. The van der Waals surface area contributed by atoms with E-state index < -0.39 is 0 Å². The van der Waals surface area contributed by atoms with Crippen LogP contribution in [-0.4, -0.2) is 10.1 Å². The van der Waals surface area contributed by atoms with E-state index in [0.717, 1.165) is 21.8 Å². The molecule has 3 nitrogen and oxygen atoms in total. The van der Waals surface area contributed by atoms with Gasteiger partial charge >= 0.3 is 0 Å². The van der Waals surface area contributed by atoms with E-state index in [4.69, 9.17) is 11.6 Å². The summed E-state index contributed by atoms with van der Waals surface area (Å²) in [5.41, 5.74) is 2.67. The summed E-state index contributed by atoms with van der Waals surface area (Å²) in [5.74, 6) is 0. The highest BCUT2D eigenvalue weighted by Gasteiger charge is 2.02. The first-order valence-corrected chi connectivity index (χ1v) is 5.70. The Morgan fingerprint density at radius 2 is 2.00 bits per heavy atom. The van der Waals surface area contributed by atoms with Gasteiger partial charge in [-0.2, -0.15) is 0 Å². The van der Waals surface area contributed by atoms with Crippen LogP contribution in [0.5, 0.6) is 0 Å². The molecule has 1 aromatic carbocycles. The van der Waals surface area contributed by atoms with Crippen LogP contribution in [0.25, 0.3) is 0 Å². The minimum atomic E-state index is -0.00657. The van der Waals surface area contributed by atoms with E-state index >= 15 is 0 Å². The van der Waals surface area contributed by atoms with Gasteiger partial charge in [0.05, 0.1) is 18.5 Å². The van der Waals surface area contributed by atoms with Gasteiger partial charge in [0.25, 0.3) is 0 Å². The second-order valence-corrected chi connectivity index (χ2v) is 4.04. The maximum absolute atomic E-state index is 9.18. The molecule has 2 rings (SSSR count). The average Bonchev–Trinajstić information content (AvgIpc) is 2.38. The molecule has 2 aromatic rings. The summed E-state index contributed by atoms with van der Waals surface area (Å²) in [7, 11) is 0. The summed E-state index contributed by atoms with van der Waals surface area (Å²) in [6.45, 7) is 0.603. The summed E-state index contributed by atoms with van der Waals surface area (Å²) in [6, 6.07) is 9.45. The Bertz CT molecular complexity index is 502. The standard InChI is InChI=1S/C13H13ClN2O/c14-12-4-2-1-3-10(12)7-16-13-8-15-6-5-11(13)9-17/h1-6,8,16-17H,7,9H2. The number of halogens is 1. The molecular formula is C13H13ClN2O. The van der Waals surface area contributed by atoms with Crippen molar-refractivity contribution in [3.8, 4) is 0 Å². The molecule has 0 unspecified atom stereocenters. The fraction of sp³-hybridized carbons (Fsp3) is 0.154.